The summed E-state index contributed by atoms with van der Waals surface area (Å²) in [5.41, 5.74) is 7.86. The number of nitrogens with zero attached hydrogens (tertiary/aromatic N) is 2. The standard InChI is InChI=1S/2C14H10F3NO.C8H4ClF3O.C8H6F3NO.C6H5Cl.2CH3NO2.CH5N.H3N.H2/c2*15-14(16,17)11-8-6-10(7-9-11)13(19)18-12-4-2-1-3-5-12;9-7(13)5-1-3-6(4-2-5)8(10,11)12;9-8(10,11)6-3-1-5(2-4-6)7(12)13;7-6-4-2-1-3-5-6;2*1-2(3)4;1-2;;/h2*1-9H,(H,18,19);1-4H;1-4H,(H2,12,13);1-5H;2*1H3;2H2,1H3;1H3;1H. The van der Waals surface area contributed by atoms with Crippen molar-refractivity contribution in [3.05, 3.63) is 258 Å². The van der Waals surface area contributed by atoms with Gasteiger partial charge in [-0.1, -0.05) is 66.2 Å². The third-order valence-electron chi connectivity index (χ3n) is 8.68. The number of hydrogen-bond acceptors (Lipinski definition) is 10. The summed E-state index contributed by atoms with van der Waals surface area (Å²) in [6.45, 7) is 0. The number of nitrogens with two attached hydrogens (primary N) is 2. The second-order valence-electron chi connectivity index (χ2n) is 14.8. The van der Waals surface area contributed by atoms with Crippen LogP contribution in [0.5, 0.6) is 0 Å². The molecular formula is C53H51Cl2F12N7O8. The van der Waals surface area contributed by atoms with Gasteiger partial charge in [0.15, 0.2) is 14.1 Å². The first-order valence-corrected chi connectivity index (χ1v) is 22.7. The van der Waals surface area contributed by atoms with Gasteiger partial charge in [0.2, 0.25) is 5.91 Å². The van der Waals surface area contributed by atoms with Crippen LogP contribution in [0, 0.1) is 20.2 Å². The van der Waals surface area contributed by atoms with Gasteiger partial charge in [0, 0.05) is 49.9 Å². The Balaban J connectivity index is -0.000000941. The van der Waals surface area contributed by atoms with Crippen LogP contribution in [-0.2, 0) is 24.7 Å². The highest BCUT2D eigenvalue weighted by atomic mass is 35.5. The van der Waals surface area contributed by atoms with Gasteiger partial charge in [-0.05, 0) is 152 Å². The minimum atomic E-state index is -4.39. The molecule has 7 aromatic rings. The van der Waals surface area contributed by atoms with E-state index in [0.29, 0.717) is 11.4 Å². The third kappa shape index (κ3) is 32.9. The molecule has 0 saturated carbocycles. The highest BCUT2D eigenvalue weighted by Gasteiger charge is 2.32. The van der Waals surface area contributed by atoms with Crippen LogP contribution in [0.2, 0.25) is 5.02 Å². The van der Waals surface area contributed by atoms with Crippen molar-refractivity contribution >= 4 is 57.5 Å². The van der Waals surface area contributed by atoms with E-state index in [1.807, 2.05) is 30.3 Å². The van der Waals surface area contributed by atoms with Gasteiger partial charge < -0.3 is 28.3 Å². The number of benzene rings is 7. The average Bonchev–Trinajstić information content (AvgIpc) is 3.41. The molecule has 0 unspecified atom stereocenters. The van der Waals surface area contributed by atoms with E-state index in [1.54, 1.807) is 60.7 Å². The van der Waals surface area contributed by atoms with Crippen molar-refractivity contribution in [3.8, 4) is 0 Å². The molecule has 0 saturated heterocycles. The van der Waals surface area contributed by atoms with Crippen LogP contribution in [0.4, 0.5) is 64.1 Å². The SMILES string of the molecule is CN.C[N+](=O)[O-].C[N+](=O)[O-].Clc1ccccc1.N.NC(=O)c1ccc(C(F)(F)F)cc1.O=C(Cl)c1ccc(C(F)(F)F)cc1.O=C(Nc1ccccc1)c1ccc(C(F)(F)F)cc1.O=C(Nc1ccccc1)c1ccc(C(F)(F)F)cc1.[HH]. The second-order valence-corrected chi connectivity index (χ2v) is 15.5. The zero-order chi connectivity index (χ0) is 62.1. The summed E-state index contributed by atoms with van der Waals surface area (Å²) in [6, 6.07) is 42.5. The predicted molar refractivity (Wildman–Crippen MR) is 288 cm³/mol. The molecule has 0 atom stereocenters. The molecule has 7 rings (SSSR count). The Hall–Kier alpha value is -8.92. The Bertz CT molecular complexity index is 2810. The Labute approximate surface area is 471 Å². The number of rotatable bonds is 6. The lowest BCUT2D eigenvalue weighted by Crippen LogP contribution is -2.12. The number of halogens is 14. The fourth-order valence-corrected chi connectivity index (χ4v) is 5.37. The molecule has 0 bridgehead atoms. The number of primary amides is 1. The van der Waals surface area contributed by atoms with Crippen molar-refractivity contribution in [1.82, 2.24) is 6.15 Å². The van der Waals surface area contributed by atoms with Gasteiger partial charge in [-0.3, -0.25) is 39.4 Å². The summed E-state index contributed by atoms with van der Waals surface area (Å²) >= 11 is 10.6. The van der Waals surface area contributed by atoms with Gasteiger partial charge in [-0.15, -0.1) is 0 Å². The number of para-hydroxylation sites is 2. The number of carbonyl (C=O) groups excluding carboxylic acids is 4. The molecular weight excluding hydrogens is 1160 g/mol. The van der Waals surface area contributed by atoms with Gasteiger partial charge >= 0.3 is 24.7 Å². The largest absolute Gasteiger partial charge is 0.416 e. The van der Waals surface area contributed by atoms with Gasteiger partial charge in [0.1, 0.15) is 0 Å². The van der Waals surface area contributed by atoms with Crippen LogP contribution in [0.3, 0.4) is 0 Å². The third-order valence-corrected chi connectivity index (χ3v) is 9.15. The monoisotopic (exact) mass is 1210 g/mol. The molecule has 15 nitrogen and oxygen atoms in total. The minimum Gasteiger partial charge on any atom is -0.366 e. The molecule has 82 heavy (non-hydrogen) atoms. The number of amides is 3. The fraction of sp³-hybridized carbons (Fsp3) is 0.132. The van der Waals surface area contributed by atoms with E-state index in [4.69, 9.17) is 49.2 Å². The molecule has 7 aromatic carbocycles. The van der Waals surface area contributed by atoms with Crippen molar-refractivity contribution in [2.75, 3.05) is 31.8 Å². The fourth-order valence-electron chi connectivity index (χ4n) is 5.10. The first kappa shape index (κ1) is 75.2. The Morgan fingerprint density at radius 3 is 0.817 bits per heavy atom. The smallest absolute Gasteiger partial charge is 0.366 e. The zero-order valence-electron chi connectivity index (χ0n) is 42.7. The molecule has 0 aliphatic carbocycles. The molecule has 3 amide bonds. The highest BCUT2D eigenvalue weighted by molar-refractivity contribution is 6.67. The van der Waals surface area contributed by atoms with Crippen LogP contribution in [0.15, 0.2) is 188 Å². The minimum absolute atomic E-state index is 0. The summed E-state index contributed by atoms with van der Waals surface area (Å²) < 4.78 is 146. The van der Waals surface area contributed by atoms with Crippen molar-refractivity contribution in [3.63, 3.8) is 0 Å². The van der Waals surface area contributed by atoms with Crippen LogP contribution < -0.4 is 28.3 Å². The number of carbonyl (C=O) groups is 4. The molecule has 0 radical (unpaired) electrons. The van der Waals surface area contributed by atoms with Crippen molar-refractivity contribution in [1.29, 1.82) is 0 Å². The summed E-state index contributed by atoms with van der Waals surface area (Å²) in [7, 11) is 3.28. The maximum atomic E-state index is 12.4. The number of nitrogens with one attached hydrogen (secondary N) is 2. The normalized spacial score (nSPS) is 10.2. The lowest BCUT2D eigenvalue weighted by molar-refractivity contribution is -0.445. The zero-order valence-corrected chi connectivity index (χ0v) is 44.2. The Morgan fingerprint density at radius 1 is 0.427 bits per heavy atom. The summed E-state index contributed by atoms with van der Waals surface area (Å²) in [4.78, 5) is 61.2. The van der Waals surface area contributed by atoms with E-state index in [0.717, 1.165) is 116 Å². The van der Waals surface area contributed by atoms with E-state index < -0.39 is 79.8 Å². The van der Waals surface area contributed by atoms with Gasteiger partial charge in [0.05, 0.1) is 22.3 Å². The van der Waals surface area contributed by atoms with Crippen molar-refractivity contribution in [2.24, 2.45) is 11.5 Å². The molecule has 0 heterocycles. The van der Waals surface area contributed by atoms with Gasteiger partial charge in [0.25, 0.3) is 17.1 Å². The Morgan fingerprint density at radius 2 is 0.634 bits per heavy atom. The summed E-state index contributed by atoms with van der Waals surface area (Å²) in [5.74, 6) is -1.63. The molecule has 0 aliphatic heterocycles. The van der Waals surface area contributed by atoms with Crippen LogP contribution in [0.1, 0.15) is 65.1 Å². The van der Waals surface area contributed by atoms with E-state index in [9.17, 15) is 71.9 Å². The maximum absolute atomic E-state index is 12.4. The highest BCUT2D eigenvalue weighted by Crippen LogP contribution is 2.32. The van der Waals surface area contributed by atoms with E-state index in [1.165, 1.54) is 7.05 Å². The second kappa shape index (κ2) is 37.1. The molecule has 9 N–H and O–H groups in total. The predicted octanol–water partition coefficient (Wildman–Crippen LogP) is 14.9. The van der Waals surface area contributed by atoms with Gasteiger partial charge in [-0.2, -0.15) is 52.7 Å². The van der Waals surface area contributed by atoms with Crippen LogP contribution in [-0.4, -0.2) is 54.0 Å². The quantitative estimate of drug-likeness (QED) is 0.0455. The van der Waals surface area contributed by atoms with Crippen molar-refractivity contribution in [2.45, 2.75) is 24.7 Å². The molecule has 444 valence electrons. The van der Waals surface area contributed by atoms with Crippen LogP contribution >= 0.6 is 23.2 Å². The molecule has 0 aliphatic rings. The maximum Gasteiger partial charge on any atom is 0.416 e. The lowest BCUT2D eigenvalue weighted by atomic mass is 10.1. The van der Waals surface area contributed by atoms with E-state index in [2.05, 4.69) is 16.4 Å². The van der Waals surface area contributed by atoms with E-state index >= 15 is 0 Å². The van der Waals surface area contributed by atoms with E-state index in [-0.39, 0.29) is 29.8 Å². The first-order valence-electron chi connectivity index (χ1n) is 22.0. The average molecular weight is 1210 g/mol. The Kier molecular flexibility index (Phi) is 34.0. The number of nitro groups is 2. The number of anilines is 2. The lowest BCUT2D eigenvalue weighted by Gasteiger charge is -2.08. The topological polar surface area (TPSA) is 266 Å². The van der Waals surface area contributed by atoms with Crippen molar-refractivity contribution < 1.29 is 83.1 Å². The summed E-state index contributed by atoms with van der Waals surface area (Å²) in [5, 5.41) is 22.8. The molecule has 29 heteroatoms. The van der Waals surface area contributed by atoms with Crippen LogP contribution in [0.25, 0.3) is 0 Å². The molecule has 0 aromatic heterocycles. The first-order chi connectivity index (χ1) is 37.6. The van der Waals surface area contributed by atoms with Gasteiger partial charge in [-0.25, -0.2) is 0 Å². The summed E-state index contributed by atoms with van der Waals surface area (Å²) in [6.07, 6.45) is -17.5. The molecule has 0 fully saturated rings. The number of alkyl halides is 12. The number of hydrogen-bond donors (Lipinski definition) is 5. The molecule has 0 spiro atoms.